The highest BCUT2D eigenvalue weighted by Crippen LogP contribution is 2.40. The third-order valence-corrected chi connectivity index (χ3v) is 4.40. The number of ether oxygens (including phenoxy) is 2. The van der Waals surface area contributed by atoms with Gasteiger partial charge in [0.15, 0.2) is 17.3 Å². The van der Waals surface area contributed by atoms with Gasteiger partial charge in [0.25, 0.3) is 5.91 Å². The average molecular weight is 365 g/mol. The lowest BCUT2D eigenvalue weighted by Gasteiger charge is -2.23. The number of rotatable bonds is 4. The third-order valence-electron chi connectivity index (χ3n) is 4.40. The SMILES string of the molecule is Cc1ccc(C(O)c2cc3c(cc2NC(=O)c2ccco2)OCCO3)cc1. The molecule has 0 bridgehead atoms. The number of carbonyl (C=O) groups excluding carboxylic acids is 1. The van der Waals surface area contributed by atoms with Gasteiger partial charge >= 0.3 is 0 Å². The zero-order valence-electron chi connectivity index (χ0n) is 14.8. The normalized spacial score (nSPS) is 13.9. The topological polar surface area (TPSA) is 80.9 Å². The van der Waals surface area contributed by atoms with Crippen LogP contribution in [0.3, 0.4) is 0 Å². The minimum atomic E-state index is -0.937. The molecular weight excluding hydrogens is 346 g/mol. The lowest BCUT2D eigenvalue weighted by molar-refractivity contribution is 0.0996. The summed E-state index contributed by atoms with van der Waals surface area (Å²) >= 11 is 0. The van der Waals surface area contributed by atoms with Crippen molar-refractivity contribution < 1.29 is 23.8 Å². The van der Waals surface area contributed by atoms with Crippen molar-refractivity contribution in [2.45, 2.75) is 13.0 Å². The molecule has 2 heterocycles. The smallest absolute Gasteiger partial charge is 0.291 e. The van der Waals surface area contributed by atoms with Crippen molar-refractivity contribution in [3.8, 4) is 11.5 Å². The van der Waals surface area contributed by atoms with Crippen LogP contribution < -0.4 is 14.8 Å². The molecule has 0 spiro atoms. The van der Waals surface area contributed by atoms with Crippen molar-refractivity contribution in [1.29, 1.82) is 0 Å². The number of hydrogen-bond acceptors (Lipinski definition) is 5. The van der Waals surface area contributed by atoms with Crippen LogP contribution in [0.1, 0.15) is 33.3 Å². The Labute approximate surface area is 156 Å². The maximum absolute atomic E-state index is 12.4. The van der Waals surface area contributed by atoms with Crippen LogP contribution >= 0.6 is 0 Å². The number of benzene rings is 2. The Balaban J connectivity index is 1.73. The molecule has 0 radical (unpaired) electrons. The molecule has 0 saturated carbocycles. The van der Waals surface area contributed by atoms with E-state index in [2.05, 4.69) is 5.32 Å². The van der Waals surface area contributed by atoms with Crippen molar-refractivity contribution >= 4 is 11.6 Å². The molecule has 0 saturated heterocycles. The lowest BCUT2D eigenvalue weighted by atomic mass is 9.98. The van der Waals surface area contributed by atoms with Gasteiger partial charge in [0.1, 0.15) is 19.3 Å². The van der Waals surface area contributed by atoms with Crippen molar-refractivity contribution in [3.05, 3.63) is 77.2 Å². The Morgan fingerprint density at radius 1 is 1.07 bits per heavy atom. The van der Waals surface area contributed by atoms with E-state index in [4.69, 9.17) is 13.9 Å². The molecule has 2 aromatic carbocycles. The minimum Gasteiger partial charge on any atom is -0.486 e. The first-order valence-electron chi connectivity index (χ1n) is 8.65. The molecule has 6 nitrogen and oxygen atoms in total. The van der Waals surface area contributed by atoms with Gasteiger partial charge in [0.05, 0.1) is 12.0 Å². The van der Waals surface area contributed by atoms with E-state index in [0.717, 1.165) is 5.56 Å². The molecular formula is C21H19NO5. The Morgan fingerprint density at radius 3 is 2.44 bits per heavy atom. The maximum atomic E-state index is 12.4. The lowest BCUT2D eigenvalue weighted by Crippen LogP contribution is -2.18. The molecule has 0 fully saturated rings. The summed E-state index contributed by atoms with van der Waals surface area (Å²) in [4.78, 5) is 12.4. The fourth-order valence-corrected chi connectivity index (χ4v) is 2.96. The molecule has 2 N–H and O–H groups in total. The van der Waals surface area contributed by atoms with Crippen LogP contribution in [0.4, 0.5) is 5.69 Å². The zero-order valence-corrected chi connectivity index (χ0v) is 14.8. The molecule has 138 valence electrons. The van der Waals surface area contributed by atoms with Gasteiger partial charge < -0.3 is 24.3 Å². The molecule has 27 heavy (non-hydrogen) atoms. The van der Waals surface area contributed by atoms with Gasteiger partial charge in [-0.3, -0.25) is 4.79 Å². The third kappa shape index (κ3) is 3.52. The van der Waals surface area contributed by atoms with Crippen LogP contribution in [0.25, 0.3) is 0 Å². The molecule has 0 aliphatic carbocycles. The van der Waals surface area contributed by atoms with Crippen molar-refractivity contribution in [1.82, 2.24) is 0 Å². The van der Waals surface area contributed by atoms with Gasteiger partial charge in [-0.25, -0.2) is 0 Å². The Morgan fingerprint density at radius 2 is 1.78 bits per heavy atom. The van der Waals surface area contributed by atoms with Crippen LogP contribution in [0.2, 0.25) is 0 Å². The van der Waals surface area contributed by atoms with Gasteiger partial charge in [0.2, 0.25) is 0 Å². The van der Waals surface area contributed by atoms with E-state index in [0.29, 0.717) is 41.5 Å². The fraction of sp³-hybridized carbons (Fsp3) is 0.190. The summed E-state index contributed by atoms with van der Waals surface area (Å²) in [5.41, 5.74) is 2.77. The van der Waals surface area contributed by atoms with E-state index in [1.54, 1.807) is 24.3 Å². The number of hydrogen-bond donors (Lipinski definition) is 2. The molecule has 1 aromatic heterocycles. The number of furan rings is 1. The number of aryl methyl sites for hydroxylation is 1. The second-order valence-electron chi connectivity index (χ2n) is 6.33. The summed E-state index contributed by atoms with van der Waals surface area (Å²) in [6, 6.07) is 14.2. The molecule has 3 aromatic rings. The maximum Gasteiger partial charge on any atom is 0.291 e. The number of anilines is 1. The van der Waals surface area contributed by atoms with E-state index in [1.807, 2.05) is 31.2 Å². The van der Waals surface area contributed by atoms with Crippen LogP contribution in [-0.2, 0) is 0 Å². The van der Waals surface area contributed by atoms with Crippen LogP contribution in [-0.4, -0.2) is 24.2 Å². The van der Waals surface area contributed by atoms with E-state index in [9.17, 15) is 9.90 Å². The largest absolute Gasteiger partial charge is 0.486 e. The number of aliphatic hydroxyl groups is 1. The van der Waals surface area contributed by atoms with Crippen molar-refractivity contribution in [2.75, 3.05) is 18.5 Å². The van der Waals surface area contributed by atoms with E-state index >= 15 is 0 Å². The molecule has 1 amide bonds. The predicted octanol–water partition coefficient (Wildman–Crippen LogP) is 3.69. The summed E-state index contributed by atoms with van der Waals surface area (Å²) in [5.74, 6) is 0.837. The summed E-state index contributed by atoms with van der Waals surface area (Å²) in [6.45, 7) is 2.85. The first-order valence-corrected chi connectivity index (χ1v) is 8.65. The standard InChI is InChI=1S/C21H19NO5/c1-13-4-6-14(7-5-13)20(23)15-11-18-19(27-10-9-26-18)12-16(15)22-21(24)17-3-2-8-25-17/h2-8,11-12,20,23H,9-10H2,1H3,(H,22,24). The molecule has 1 aliphatic heterocycles. The molecule has 1 aliphatic rings. The summed E-state index contributed by atoms with van der Waals surface area (Å²) in [7, 11) is 0. The zero-order chi connectivity index (χ0) is 18.8. The molecule has 1 atom stereocenters. The van der Waals surface area contributed by atoms with E-state index in [-0.39, 0.29) is 5.76 Å². The highest BCUT2D eigenvalue weighted by molar-refractivity contribution is 6.03. The highest BCUT2D eigenvalue weighted by atomic mass is 16.6. The monoisotopic (exact) mass is 365 g/mol. The summed E-state index contributed by atoms with van der Waals surface area (Å²) < 4.78 is 16.4. The quantitative estimate of drug-likeness (QED) is 0.737. The number of aliphatic hydroxyl groups excluding tert-OH is 1. The Kier molecular flexibility index (Phi) is 4.56. The number of nitrogens with one attached hydrogen (secondary N) is 1. The van der Waals surface area contributed by atoms with E-state index < -0.39 is 12.0 Å². The predicted molar refractivity (Wildman–Crippen MR) is 99.3 cm³/mol. The van der Waals surface area contributed by atoms with Crippen LogP contribution in [0, 0.1) is 6.92 Å². The first-order chi connectivity index (χ1) is 13.1. The van der Waals surface area contributed by atoms with Crippen LogP contribution in [0.5, 0.6) is 11.5 Å². The molecule has 1 unspecified atom stereocenters. The second-order valence-corrected chi connectivity index (χ2v) is 6.33. The van der Waals surface area contributed by atoms with Crippen molar-refractivity contribution in [3.63, 3.8) is 0 Å². The van der Waals surface area contributed by atoms with Crippen LogP contribution in [0.15, 0.2) is 59.2 Å². The minimum absolute atomic E-state index is 0.181. The summed E-state index contributed by atoms with van der Waals surface area (Å²) in [5, 5.41) is 13.7. The number of carbonyl (C=O) groups is 1. The summed E-state index contributed by atoms with van der Waals surface area (Å²) in [6.07, 6.45) is 0.495. The van der Waals surface area contributed by atoms with Gasteiger partial charge in [-0.1, -0.05) is 29.8 Å². The number of fused-ring (bicyclic) bond motifs is 1. The Hall–Kier alpha value is -3.25. The van der Waals surface area contributed by atoms with Gasteiger partial charge in [0, 0.05) is 11.6 Å². The first kappa shape index (κ1) is 17.2. The van der Waals surface area contributed by atoms with E-state index in [1.165, 1.54) is 6.26 Å². The Bertz CT molecular complexity index is 947. The number of amides is 1. The van der Waals surface area contributed by atoms with Gasteiger partial charge in [-0.05, 0) is 30.7 Å². The molecule has 6 heteroatoms. The fourth-order valence-electron chi connectivity index (χ4n) is 2.96. The average Bonchev–Trinajstić information content (AvgIpc) is 3.22. The second kappa shape index (κ2) is 7.17. The highest BCUT2D eigenvalue weighted by Gasteiger charge is 2.23. The molecule has 4 rings (SSSR count). The van der Waals surface area contributed by atoms with Crippen molar-refractivity contribution in [2.24, 2.45) is 0 Å². The van der Waals surface area contributed by atoms with Gasteiger partial charge in [-0.15, -0.1) is 0 Å². The van der Waals surface area contributed by atoms with Gasteiger partial charge in [-0.2, -0.15) is 0 Å².